The van der Waals surface area contributed by atoms with Crippen molar-refractivity contribution in [2.75, 3.05) is 31.5 Å². The molecule has 0 aliphatic carbocycles. The van der Waals surface area contributed by atoms with Gasteiger partial charge < -0.3 is 16.0 Å². The molecule has 0 amide bonds. The van der Waals surface area contributed by atoms with Crippen molar-refractivity contribution in [2.24, 2.45) is 16.6 Å². The van der Waals surface area contributed by atoms with Crippen molar-refractivity contribution in [3.05, 3.63) is 18.0 Å². The van der Waals surface area contributed by atoms with Crippen LogP contribution in [0.1, 0.15) is 25.5 Å². The maximum Gasteiger partial charge on any atom is 0.433 e. The van der Waals surface area contributed by atoms with Crippen LogP contribution < -0.4 is 11.1 Å². The minimum absolute atomic E-state index is 0.0693. The Morgan fingerprint density at radius 3 is 3.00 bits per heavy atom. The van der Waals surface area contributed by atoms with E-state index in [9.17, 15) is 13.2 Å². The summed E-state index contributed by atoms with van der Waals surface area (Å²) < 4.78 is 37.6. The van der Waals surface area contributed by atoms with Gasteiger partial charge in [0.05, 0.1) is 6.54 Å². The normalized spacial score (nSPS) is 19.7. The number of nitrogens with zero attached hydrogens (tertiary/aromatic N) is 4. The third-order valence-electron chi connectivity index (χ3n) is 3.60. The van der Waals surface area contributed by atoms with Crippen LogP contribution in [0.25, 0.3) is 0 Å². The fraction of sp³-hybridized carbons (Fsp3) is 0.643. The number of nitrogens with one attached hydrogen (secondary N) is 1. The molecule has 3 N–H and O–H groups in total. The zero-order valence-corrected chi connectivity index (χ0v) is 13.0. The third kappa shape index (κ3) is 5.26. The van der Waals surface area contributed by atoms with Gasteiger partial charge in [0.25, 0.3) is 0 Å². The number of guanidine groups is 1. The van der Waals surface area contributed by atoms with Gasteiger partial charge in [0.15, 0.2) is 5.96 Å². The van der Waals surface area contributed by atoms with Gasteiger partial charge in [-0.25, -0.2) is 9.97 Å². The van der Waals surface area contributed by atoms with Crippen LogP contribution in [-0.4, -0.2) is 47.0 Å². The standard InChI is InChI=1S/C14H21F3N6/c1-10-3-2-8-23(9-10)12(18)19-6-7-21-13-20-5-4-11(22-13)14(15,16)17/h4-5,10H,2-3,6-9H2,1H3,(H2,18,19)(H,20,21,22). The fourth-order valence-corrected chi connectivity index (χ4v) is 2.44. The van der Waals surface area contributed by atoms with E-state index in [1.165, 1.54) is 6.42 Å². The van der Waals surface area contributed by atoms with E-state index >= 15 is 0 Å². The predicted molar refractivity (Wildman–Crippen MR) is 82.0 cm³/mol. The molecule has 1 aliphatic heterocycles. The van der Waals surface area contributed by atoms with Crippen molar-refractivity contribution in [1.29, 1.82) is 0 Å². The lowest BCUT2D eigenvalue weighted by Crippen LogP contribution is -2.43. The Bertz CT molecular complexity index is 546. The molecule has 0 bridgehead atoms. The Balaban J connectivity index is 1.82. The molecule has 23 heavy (non-hydrogen) atoms. The Kier molecular flexibility index (Phi) is 5.62. The molecule has 0 spiro atoms. The van der Waals surface area contributed by atoms with Crippen LogP contribution in [0, 0.1) is 5.92 Å². The van der Waals surface area contributed by atoms with E-state index in [-0.39, 0.29) is 5.95 Å². The van der Waals surface area contributed by atoms with Crippen LogP contribution in [0.4, 0.5) is 19.1 Å². The molecule has 2 rings (SSSR count). The number of hydrogen-bond donors (Lipinski definition) is 2. The first kappa shape index (κ1) is 17.3. The highest BCUT2D eigenvalue weighted by atomic mass is 19.4. The van der Waals surface area contributed by atoms with E-state index in [0.29, 0.717) is 25.0 Å². The lowest BCUT2D eigenvalue weighted by molar-refractivity contribution is -0.141. The number of halogens is 3. The quantitative estimate of drug-likeness (QED) is 0.501. The molecule has 1 aliphatic rings. The SMILES string of the molecule is CC1CCCN(C(N)=NCCNc2nccc(C(F)(F)F)n2)C1. The Labute approximate surface area is 133 Å². The zero-order valence-electron chi connectivity index (χ0n) is 13.0. The first-order valence-corrected chi connectivity index (χ1v) is 7.55. The number of nitrogens with two attached hydrogens (primary N) is 1. The van der Waals surface area contributed by atoms with Gasteiger partial charge in [-0.3, -0.25) is 4.99 Å². The van der Waals surface area contributed by atoms with Gasteiger partial charge in [-0.05, 0) is 24.8 Å². The summed E-state index contributed by atoms with van der Waals surface area (Å²) in [6.07, 6.45) is -1.12. The number of hydrogen-bond acceptors (Lipinski definition) is 4. The van der Waals surface area contributed by atoms with E-state index in [1.54, 1.807) is 0 Å². The summed E-state index contributed by atoms with van der Waals surface area (Å²) in [4.78, 5) is 13.5. The molecular weight excluding hydrogens is 309 g/mol. The second-order valence-corrected chi connectivity index (χ2v) is 5.62. The summed E-state index contributed by atoms with van der Waals surface area (Å²) in [6.45, 7) is 4.61. The highest BCUT2D eigenvalue weighted by Gasteiger charge is 2.32. The monoisotopic (exact) mass is 330 g/mol. The molecule has 1 atom stereocenters. The highest BCUT2D eigenvalue weighted by molar-refractivity contribution is 5.78. The summed E-state index contributed by atoms with van der Waals surface area (Å²) in [5, 5.41) is 2.72. The molecule has 128 valence electrons. The summed E-state index contributed by atoms with van der Waals surface area (Å²) in [7, 11) is 0. The highest BCUT2D eigenvalue weighted by Crippen LogP contribution is 2.27. The van der Waals surface area contributed by atoms with Gasteiger partial charge in [-0.15, -0.1) is 0 Å². The molecule has 0 radical (unpaired) electrons. The maximum atomic E-state index is 12.5. The Hall–Kier alpha value is -2.06. The van der Waals surface area contributed by atoms with Crippen LogP contribution in [-0.2, 0) is 6.18 Å². The molecule has 0 aromatic carbocycles. The second-order valence-electron chi connectivity index (χ2n) is 5.62. The smallest absolute Gasteiger partial charge is 0.370 e. The van der Waals surface area contributed by atoms with Crippen LogP contribution in [0.5, 0.6) is 0 Å². The van der Waals surface area contributed by atoms with Crippen molar-refractivity contribution in [1.82, 2.24) is 14.9 Å². The molecule has 1 fully saturated rings. The number of likely N-dealkylation sites (tertiary alicyclic amines) is 1. The van der Waals surface area contributed by atoms with Gasteiger partial charge in [0.2, 0.25) is 5.95 Å². The average Bonchev–Trinajstić information content (AvgIpc) is 2.51. The molecule has 0 saturated carbocycles. The van der Waals surface area contributed by atoms with Crippen molar-refractivity contribution in [3.8, 4) is 0 Å². The van der Waals surface area contributed by atoms with E-state index in [0.717, 1.165) is 31.8 Å². The van der Waals surface area contributed by atoms with E-state index in [1.807, 2.05) is 4.90 Å². The first-order valence-electron chi connectivity index (χ1n) is 7.55. The fourth-order valence-electron chi connectivity index (χ4n) is 2.44. The number of anilines is 1. The van der Waals surface area contributed by atoms with Gasteiger partial charge in [-0.1, -0.05) is 6.92 Å². The van der Waals surface area contributed by atoms with E-state index < -0.39 is 11.9 Å². The summed E-state index contributed by atoms with van der Waals surface area (Å²) in [5.41, 5.74) is 4.97. The molecule has 1 saturated heterocycles. The van der Waals surface area contributed by atoms with Crippen molar-refractivity contribution in [2.45, 2.75) is 25.9 Å². The number of rotatable bonds is 4. The average molecular weight is 330 g/mol. The maximum absolute atomic E-state index is 12.5. The van der Waals surface area contributed by atoms with Crippen LogP contribution in [0.3, 0.4) is 0 Å². The van der Waals surface area contributed by atoms with Crippen molar-refractivity contribution < 1.29 is 13.2 Å². The minimum atomic E-state index is -4.48. The first-order chi connectivity index (χ1) is 10.9. The molecule has 1 aromatic heterocycles. The predicted octanol–water partition coefficient (Wildman–Crippen LogP) is 1.95. The van der Waals surface area contributed by atoms with Gasteiger partial charge >= 0.3 is 6.18 Å². The lowest BCUT2D eigenvalue weighted by atomic mass is 10.0. The topological polar surface area (TPSA) is 79.4 Å². The third-order valence-corrected chi connectivity index (χ3v) is 3.60. The van der Waals surface area contributed by atoms with Gasteiger partial charge in [0, 0.05) is 25.8 Å². The van der Waals surface area contributed by atoms with Crippen LogP contribution >= 0.6 is 0 Å². The summed E-state index contributed by atoms with van der Waals surface area (Å²) >= 11 is 0. The molecule has 1 aromatic rings. The van der Waals surface area contributed by atoms with Crippen molar-refractivity contribution >= 4 is 11.9 Å². The largest absolute Gasteiger partial charge is 0.433 e. The molecule has 1 unspecified atom stereocenters. The lowest BCUT2D eigenvalue weighted by Gasteiger charge is -2.31. The number of aliphatic imine (C=N–C) groups is 1. The molecule has 6 nitrogen and oxygen atoms in total. The Morgan fingerprint density at radius 2 is 2.30 bits per heavy atom. The number of piperidine rings is 1. The second kappa shape index (κ2) is 7.47. The number of alkyl halides is 3. The van der Waals surface area contributed by atoms with Gasteiger partial charge in [-0.2, -0.15) is 13.2 Å². The minimum Gasteiger partial charge on any atom is -0.370 e. The molecular formula is C14H21F3N6. The summed E-state index contributed by atoms with van der Waals surface area (Å²) in [5.74, 6) is 0.998. The van der Waals surface area contributed by atoms with Gasteiger partial charge in [0.1, 0.15) is 5.69 Å². The van der Waals surface area contributed by atoms with E-state index in [4.69, 9.17) is 5.73 Å². The molecule has 2 heterocycles. The zero-order chi connectivity index (χ0) is 16.9. The molecule has 9 heteroatoms. The van der Waals surface area contributed by atoms with Crippen LogP contribution in [0.15, 0.2) is 17.3 Å². The number of aromatic nitrogens is 2. The van der Waals surface area contributed by atoms with Crippen molar-refractivity contribution in [3.63, 3.8) is 0 Å². The Morgan fingerprint density at radius 1 is 1.52 bits per heavy atom. The van der Waals surface area contributed by atoms with Crippen LogP contribution in [0.2, 0.25) is 0 Å². The van der Waals surface area contributed by atoms with E-state index in [2.05, 4.69) is 27.2 Å². The summed E-state index contributed by atoms with van der Waals surface area (Å²) in [6, 6.07) is 0.832.